The van der Waals surface area contributed by atoms with Crippen LogP contribution in [-0.2, 0) is 0 Å². The van der Waals surface area contributed by atoms with Crippen molar-refractivity contribution in [3.8, 4) is 17.1 Å². The lowest BCUT2D eigenvalue weighted by Gasteiger charge is -2.16. The molecule has 0 saturated carbocycles. The fraction of sp³-hybridized carbons (Fsp3) is 0.250. The highest BCUT2D eigenvalue weighted by atomic mass is 16.3. The summed E-state index contributed by atoms with van der Waals surface area (Å²) in [4.78, 5) is 0. The van der Waals surface area contributed by atoms with E-state index in [4.69, 9.17) is 8.83 Å². The monoisotopic (exact) mass is 527 g/mol. The lowest BCUT2D eigenvalue weighted by atomic mass is 9.93. The van der Waals surface area contributed by atoms with Gasteiger partial charge in [-0.3, -0.25) is 0 Å². The standard InChI is InChI=1S/C36H35N2O2/c1-20(2)25-16-17-28-26-12-8-10-14-30(26)40-35(28)32(25)36-37(19-23(6)38(36)21(3)4)33-22(5)18-29-27-13-9-11-15-31(27)39-34(29)24(33)7/h8-21H,1-7H3/q+1. The third-order valence-corrected chi connectivity index (χ3v) is 8.40. The van der Waals surface area contributed by atoms with E-state index in [0.717, 1.165) is 61.1 Å². The number of para-hydroxylation sites is 2. The van der Waals surface area contributed by atoms with Gasteiger partial charge < -0.3 is 8.83 Å². The van der Waals surface area contributed by atoms with Gasteiger partial charge in [-0.2, -0.15) is 4.57 Å². The van der Waals surface area contributed by atoms with Crippen LogP contribution in [0, 0.1) is 20.8 Å². The SMILES string of the molecule is Cc1cc2c(oc3ccccc32)c(C)c1-[n+]1cc(C)n(C(C)C)c1-c1c(C(C)C)ccc2c1oc1ccccc12. The van der Waals surface area contributed by atoms with Gasteiger partial charge in [-0.05, 0) is 62.9 Å². The first kappa shape index (κ1) is 24.7. The van der Waals surface area contributed by atoms with Crippen molar-refractivity contribution >= 4 is 43.9 Å². The molecule has 40 heavy (non-hydrogen) atoms. The third-order valence-electron chi connectivity index (χ3n) is 8.40. The number of benzene rings is 4. The second-order valence-electron chi connectivity index (χ2n) is 11.7. The van der Waals surface area contributed by atoms with Crippen LogP contribution in [0.1, 0.15) is 62.0 Å². The second kappa shape index (κ2) is 8.85. The van der Waals surface area contributed by atoms with Gasteiger partial charge in [-0.25, -0.2) is 4.57 Å². The fourth-order valence-electron chi connectivity index (χ4n) is 6.72. The molecule has 4 nitrogen and oxygen atoms in total. The molecule has 0 saturated heterocycles. The smallest absolute Gasteiger partial charge is 0.298 e. The van der Waals surface area contributed by atoms with Crippen molar-refractivity contribution in [1.82, 2.24) is 4.57 Å². The summed E-state index contributed by atoms with van der Waals surface area (Å²) in [6, 6.07) is 23.7. The Balaban J connectivity index is 1.64. The zero-order valence-electron chi connectivity index (χ0n) is 24.3. The van der Waals surface area contributed by atoms with Crippen LogP contribution >= 0.6 is 0 Å². The van der Waals surface area contributed by atoms with Gasteiger partial charge in [0.25, 0.3) is 5.82 Å². The summed E-state index contributed by atoms with van der Waals surface area (Å²) < 4.78 is 18.0. The van der Waals surface area contributed by atoms with E-state index >= 15 is 0 Å². The van der Waals surface area contributed by atoms with Crippen LogP contribution < -0.4 is 4.57 Å². The molecule has 200 valence electrons. The molecule has 4 heteroatoms. The van der Waals surface area contributed by atoms with Crippen LogP contribution in [0.15, 0.2) is 81.8 Å². The van der Waals surface area contributed by atoms with E-state index in [0.29, 0.717) is 5.92 Å². The van der Waals surface area contributed by atoms with Crippen LogP contribution in [0.3, 0.4) is 0 Å². The highest BCUT2D eigenvalue weighted by Gasteiger charge is 2.34. The van der Waals surface area contributed by atoms with Gasteiger partial charge in [0.2, 0.25) is 0 Å². The molecule has 0 radical (unpaired) electrons. The maximum atomic E-state index is 6.69. The van der Waals surface area contributed by atoms with Crippen LogP contribution in [0.5, 0.6) is 0 Å². The van der Waals surface area contributed by atoms with Crippen molar-refractivity contribution in [3.63, 3.8) is 0 Å². The molecule has 0 spiro atoms. The molecule has 3 aromatic heterocycles. The van der Waals surface area contributed by atoms with Gasteiger partial charge in [0, 0.05) is 34.0 Å². The quantitative estimate of drug-likeness (QED) is 0.214. The zero-order chi connectivity index (χ0) is 27.9. The Hall–Kier alpha value is -4.31. The van der Waals surface area contributed by atoms with Gasteiger partial charge in [-0.1, -0.05) is 62.4 Å². The summed E-state index contributed by atoms with van der Waals surface area (Å²) in [5.41, 5.74) is 10.9. The number of rotatable bonds is 4. The van der Waals surface area contributed by atoms with Crippen LogP contribution in [0.4, 0.5) is 0 Å². The molecule has 0 unspecified atom stereocenters. The number of furan rings is 2. The van der Waals surface area contributed by atoms with Crippen molar-refractivity contribution < 1.29 is 13.4 Å². The molecule has 0 aliphatic heterocycles. The largest absolute Gasteiger partial charge is 0.456 e. The number of aromatic nitrogens is 2. The Morgan fingerprint density at radius 2 is 1.32 bits per heavy atom. The first-order valence-electron chi connectivity index (χ1n) is 14.3. The Bertz CT molecular complexity index is 2100. The molecular formula is C36H35N2O2+. The first-order chi connectivity index (χ1) is 19.3. The molecule has 0 N–H and O–H groups in total. The molecular weight excluding hydrogens is 492 g/mol. The molecule has 0 atom stereocenters. The number of fused-ring (bicyclic) bond motifs is 6. The Labute approximate surface area is 234 Å². The molecule has 0 bridgehead atoms. The van der Waals surface area contributed by atoms with Gasteiger partial charge in [0.15, 0.2) is 5.58 Å². The highest BCUT2D eigenvalue weighted by molar-refractivity contribution is 6.10. The van der Waals surface area contributed by atoms with Gasteiger partial charge in [-0.15, -0.1) is 0 Å². The molecule has 0 fully saturated rings. The first-order valence-corrected chi connectivity index (χ1v) is 14.3. The number of aryl methyl sites for hydroxylation is 3. The highest BCUT2D eigenvalue weighted by Crippen LogP contribution is 2.42. The van der Waals surface area contributed by atoms with E-state index in [1.807, 2.05) is 12.1 Å². The van der Waals surface area contributed by atoms with Crippen LogP contribution in [0.2, 0.25) is 0 Å². The van der Waals surface area contributed by atoms with Crippen molar-refractivity contribution in [1.29, 1.82) is 0 Å². The average Bonchev–Trinajstić information content (AvgIpc) is 3.59. The second-order valence-corrected chi connectivity index (χ2v) is 11.7. The van der Waals surface area contributed by atoms with Gasteiger partial charge >= 0.3 is 0 Å². The summed E-state index contributed by atoms with van der Waals surface area (Å²) in [5.74, 6) is 1.46. The van der Waals surface area contributed by atoms with Gasteiger partial charge in [0.1, 0.15) is 39.9 Å². The summed E-state index contributed by atoms with van der Waals surface area (Å²) >= 11 is 0. The lowest BCUT2D eigenvalue weighted by Crippen LogP contribution is -2.34. The summed E-state index contributed by atoms with van der Waals surface area (Å²) in [5, 5.41) is 4.62. The number of hydrogen-bond acceptors (Lipinski definition) is 2. The molecule has 7 aromatic rings. The van der Waals surface area contributed by atoms with E-state index in [1.165, 1.54) is 22.2 Å². The Morgan fingerprint density at radius 3 is 1.98 bits per heavy atom. The van der Waals surface area contributed by atoms with E-state index in [2.05, 4.69) is 118 Å². The normalized spacial score (nSPS) is 12.3. The summed E-state index contributed by atoms with van der Waals surface area (Å²) in [7, 11) is 0. The van der Waals surface area contributed by atoms with Gasteiger partial charge in [0.05, 0.1) is 6.04 Å². The third kappa shape index (κ3) is 3.41. The minimum Gasteiger partial charge on any atom is -0.456 e. The maximum absolute atomic E-state index is 6.69. The molecule has 4 aromatic carbocycles. The summed E-state index contributed by atoms with van der Waals surface area (Å²) in [6.45, 7) is 15.7. The minimum atomic E-state index is 0.256. The number of nitrogens with zero attached hydrogens (tertiary/aromatic N) is 2. The van der Waals surface area contributed by atoms with Crippen molar-refractivity contribution in [2.24, 2.45) is 0 Å². The topological polar surface area (TPSA) is 35.1 Å². The average molecular weight is 528 g/mol. The number of hydrogen-bond donors (Lipinski definition) is 0. The van der Waals surface area contributed by atoms with Crippen molar-refractivity contribution in [3.05, 3.63) is 95.3 Å². The number of imidazole rings is 1. The molecule has 3 heterocycles. The predicted molar refractivity (Wildman–Crippen MR) is 165 cm³/mol. The lowest BCUT2D eigenvalue weighted by molar-refractivity contribution is -0.584. The fourth-order valence-corrected chi connectivity index (χ4v) is 6.72. The van der Waals surface area contributed by atoms with E-state index in [-0.39, 0.29) is 6.04 Å². The van der Waals surface area contributed by atoms with E-state index in [9.17, 15) is 0 Å². The zero-order valence-corrected chi connectivity index (χ0v) is 24.3. The van der Waals surface area contributed by atoms with Crippen LogP contribution in [0.25, 0.3) is 61.0 Å². The van der Waals surface area contributed by atoms with Crippen LogP contribution in [-0.4, -0.2) is 4.57 Å². The van der Waals surface area contributed by atoms with Crippen molar-refractivity contribution in [2.45, 2.75) is 60.4 Å². The summed E-state index contributed by atoms with van der Waals surface area (Å²) in [6.07, 6.45) is 2.28. The van der Waals surface area contributed by atoms with E-state index in [1.54, 1.807) is 0 Å². The molecule has 7 rings (SSSR count). The Morgan fingerprint density at radius 1 is 0.700 bits per heavy atom. The predicted octanol–water partition coefficient (Wildman–Crippen LogP) is 9.86. The minimum absolute atomic E-state index is 0.256. The van der Waals surface area contributed by atoms with Crippen molar-refractivity contribution in [2.75, 3.05) is 0 Å². The molecule has 0 aliphatic carbocycles. The van der Waals surface area contributed by atoms with E-state index < -0.39 is 0 Å². The maximum Gasteiger partial charge on any atom is 0.298 e. The molecule has 0 amide bonds. The molecule has 0 aliphatic rings. The Kier molecular flexibility index (Phi) is 5.47.